The van der Waals surface area contributed by atoms with Crippen molar-refractivity contribution < 1.29 is 14.3 Å². The third kappa shape index (κ3) is 4.71. The lowest BCUT2D eigenvalue weighted by atomic mass is 10.1. The molecule has 1 amide bonds. The number of methoxy groups -OCH3 is 1. The van der Waals surface area contributed by atoms with E-state index in [9.17, 15) is 14.9 Å². The van der Waals surface area contributed by atoms with Crippen molar-refractivity contribution in [1.29, 1.82) is 5.26 Å². The second-order valence-electron chi connectivity index (χ2n) is 5.47. The molecular weight excluding hydrogens is 330 g/mol. The molecule has 0 radical (unpaired) electrons. The van der Waals surface area contributed by atoms with Crippen LogP contribution in [0.5, 0.6) is 0 Å². The second kappa shape index (κ2) is 9.04. The van der Waals surface area contributed by atoms with E-state index in [0.29, 0.717) is 6.54 Å². The predicted molar refractivity (Wildman–Crippen MR) is 98.1 cm³/mol. The number of anilines is 1. The van der Waals surface area contributed by atoms with Crippen LogP contribution in [0.3, 0.4) is 0 Å². The van der Waals surface area contributed by atoms with Crippen LogP contribution in [0.25, 0.3) is 0 Å². The van der Waals surface area contributed by atoms with Gasteiger partial charge in [0.2, 0.25) is 0 Å². The molecular formula is C20H19N3O3. The lowest BCUT2D eigenvalue weighted by molar-refractivity contribution is -0.112. The van der Waals surface area contributed by atoms with Crippen molar-refractivity contribution in [2.45, 2.75) is 13.5 Å². The number of hydrogen-bond donors (Lipinski definition) is 2. The van der Waals surface area contributed by atoms with Crippen molar-refractivity contribution in [3.05, 3.63) is 77.0 Å². The highest BCUT2D eigenvalue weighted by Crippen LogP contribution is 2.16. The monoisotopic (exact) mass is 349 g/mol. The van der Waals surface area contributed by atoms with E-state index < -0.39 is 11.9 Å². The zero-order valence-electron chi connectivity index (χ0n) is 14.6. The van der Waals surface area contributed by atoms with E-state index in [1.165, 1.54) is 19.4 Å². The summed E-state index contributed by atoms with van der Waals surface area (Å²) in [5.41, 5.74) is 2.58. The van der Waals surface area contributed by atoms with Crippen LogP contribution in [-0.2, 0) is 16.1 Å². The van der Waals surface area contributed by atoms with Crippen LogP contribution in [0, 0.1) is 18.3 Å². The van der Waals surface area contributed by atoms with Crippen molar-refractivity contribution in [2.75, 3.05) is 12.4 Å². The first-order valence-corrected chi connectivity index (χ1v) is 7.93. The van der Waals surface area contributed by atoms with Gasteiger partial charge in [-0.3, -0.25) is 4.79 Å². The van der Waals surface area contributed by atoms with E-state index in [1.807, 2.05) is 37.3 Å². The highest BCUT2D eigenvalue weighted by Gasteiger charge is 2.15. The number of para-hydroxylation sites is 1. The van der Waals surface area contributed by atoms with Gasteiger partial charge in [-0.1, -0.05) is 36.4 Å². The third-order valence-corrected chi connectivity index (χ3v) is 3.75. The predicted octanol–water partition coefficient (Wildman–Crippen LogP) is 2.92. The summed E-state index contributed by atoms with van der Waals surface area (Å²) in [6.45, 7) is 2.48. The molecule has 132 valence electrons. The molecule has 2 rings (SSSR count). The molecule has 0 unspecified atom stereocenters. The van der Waals surface area contributed by atoms with E-state index in [4.69, 9.17) is 0 Å². The van der Waals surface area contributed by atoms with Crippen LogP contribution in [-0.4, -0.2) is 19.0 Å². The largest absolute Gasteiger partial charge is 0.465 e. The van der Waals surface area contributed by atoms with Gasteiger partial charge in [0.15, 0.2) is 0 Å². The van der Waals surface area contributed by atoms with E-state index in [2.05, 4.69) is 15.4 Å². The molecule has 6 heteroatoms. The molecule has 2 aromatic rings. The Morgan fingerprint density at radius 3 is 2.54 bits per heavy atom. The number of carbonyl (C=O) groups is 2. The van der Waals surface area contributed by atoms with Crippen LogP contribution in [0.15, 0.2) is 60.3 Å². The SMILES string of the molecule is COC(=O)c1ccccc1NC(=O)/C(C#N)=C\NCc1ccccc1C. The number of carbonyl (C=O) groups excluding carboxylic acids is 2. The maximum Gasteiger partial charge on any atom is 0.339 e. The van der Waals surface area contributed by atoms with Gasteiger partial charge in [-0.2, -0.15) is 5.26 Å². The zero-order chi connectivity index (χ0) is 18.9. The molecule has 0 bridgehead atoms. The Morgan fingerprint density at radius 1 is 1.15 bits per heavy atom. The minimum absolute atomic E-state index is 0.0988. The highest BCUT2D eigenvalue weighted by atomic mass is 16.5. The summed E-state index contributed by atoms with van der Waals surface area (Å²) in [6.07, 6.45) is 1.36. The number of ether oxygens (including phenoxy) is 1. The average Bonchev–Trinajstić information content (AvgIpc) is 2.66. The first kappa shape index (κ1) is 18.7. The van der Waals surface area contributed by atoms with Crippen LogP contribution in [0.4, 0.5) is 5.69 Å². The smallest absolute Gasteiger partial charge is 0.339 e. The third-order valence-electron chi connectivity index (χ3n) is 3.75. The summed E-state index contributed by atoms with van der Waals surface area (Å²) in [7, 11) is 1.26. The topological polar surface area (TPSA) is 91.2 Å². The standard InChI is InChI=1S/C20H19N3O3/c1-14-7-3-4-8-15(14)12-22-13-16(11-21)19(24)23-18-10-6-5-9-17(18)20(25)26-2/h3-10,13,22H,12H2,1-2H3,(H,23,24)/b16-13-. The number of esters is 1. The van der Waals surface area contributed by atoms with Crippen LogP contribution < -0.4 is 10.6 Å². The Kier molecular flexibility index (Phi) is 6.52. The zero-order valence-corrected chi connectivity index (χ0v) is 14.6. The number of rotatable bonds is 6. The van der Waals surface area contributed by atoms with Crippen molar-refractivity contribution in [1.82, 2.24) is 5.32 Å². The first-order chi connectivity index (χ1) is 12.6. The summed E-state index contributed by atoms with van der Waals surface area (Å²) in [4.78, 5) is 24.1. The lowest BCUT2D eigenvalue weighted by Gasteiger charge is -2.09. The molecule has 0 atom stereocenters. The van der Waals surface area contributed by atoms with Gasteiger partial charge in [0.25, 0.3) is 5.91 Å². The highest BCUT2D eigenvalue weighted by molar-refractivity contribution is 6.09. The molecule has 0 aliphatic heterocycles. The summed E-state index contributed by atoms with van der Waals surface area (Å²) in [6, 6.07) is 16.1. The van der Waals surface area contributed by atoms with Gasteiger partial charge in [-0.25, -0.2) is 4.79 Å². The summed E-state index contributed by atoms with van der Waals surface area (Å²) in [5.74, 6) is -1.18. The minimum Gasteiger partial charge on any atom is -0.465 e. The average molecular weight is 349 g/mol. The van der Waals surface area contributed by atoms with Crippen molar-refractivity contribution in [2.24, 2.45) is 0 Å². The van der Waals surface area contributed by atoms with Gasteiger partial charge in [0.05, 0.1) is 18.4 Å². The molecule has 0 aliphatic rings. The Bertz CT molecular complexity index is 882. The molecule has 26 heavy (non-hydrogen) atoms. The molecule has 0 fully saturated rings. The molecule has 0 saturated heterocycles. The Hall–Kier alpha value is -3.59. The van der Waals surface area contributed by atoms with Crippen molar-refractivity contribution >= 4 is 17.6 Å². The lowest BCUT2D eigenvalue weighted by Crippen LogP contribution is -2.18. The van der Waals surface area contributed by atoms with Crippen LogP contribution >= 0.6 is 0 Å². The van der Waals surface area contributed by atoms with Crippen LogP contribution in [0.2, 0.25) is 0 Å². The Balaban J connectivity index is 2.09. The van der Waals surface area contributed by atoms with Gasteiger partial charge >= 0.3 is 5.97 Å². The molecule has 0 saturated carbocycles. The quantitative estimate of drug-likeness (QED) is 0.475. The van der Waals surface area contributed by atoms with E-state index in [-0.39, 0.29) is 16.8 Å². The number of hydrogen-bond acceptors (Lipinski definition) is 5. The number of aryl methyl sites for hydroxylation is 1. The van der Waals surface area contributed by atoms with Crippen molar-refractivity contribution in [3.8, 4) is 6.07 Å². The van der Waals surface area contributed by atoms with E-state index in [0.717, 1.165) is 11.1 Å². The molecule has 0 aliphatic carbocycles. The fraction of sp³-hybridized carbons (Fsp3) is 0.150. The molecule has 2 N–H and O–H groups in total. The summed E-state index contributed by atoms with van der Waals surface area (Å²) in [5, 5.41) is 14.8. The number of amides is 1. The van der Waals surface area contributed by atoms with Gasteiger partial charge in [-0.15, -0.1) is 0 Å². The van der Waals surface area contributed by atoms with E-state index in [1.54, 1.807) is 18.2 Å². The molecule has 0 heterocycles. The fourth-order valence-corrected chi connectivity index (χ4v) is 2.29. The van der Waals surface area contributed by atoms with Gasteiger partial charge in [0.1, 0.15) is 11.6 Å². The number of nitrogens with zero attached hydrogens (tertiary/aromatic N) is 1. The van der Waals surface area contributed by atoms with Crippen molar-refractivity contribution in [3.63, 3.8) is 0 Å². The summed E-state index contributed by atoms with van der Waals surface area (Å²) < 4.78 is 4.69. The number of benzene rings is 2. The maximum atomic E-state index is 12.3. The van der Waals surface area contributed by atoms with Gasteiger partial charge in [0, 0.05) is 12.7 Å². The number of nitrogens with one attached hydrogen (secondary N) is 2. The molecule has 0 aromatic heterocycles. The molecule has 6 nitrogen and oxygen atoms in total. The fourth-order valence-electron chi connectivity index (χ4n) is 2.29. The molecule has 0 spiro atoms. The number of nitriles is 1. The Labute approximate surface area is 152 Å². The van der Waals surface area contributed by atoms with Crippen LogP contribution in [0.1, 0.15) is 21.5 Å². The molecule has 2 aromatic carbocycles. The summed E-state index contributed by atoms with van der Waals surface area (Å²) >= 11 is 0. The second-order valence-corrected chi connectivity index (χ2v) is 5.47. The normalized spacial score (nSPS) is 10.6. The maximum absolute atomic E-state index is 12.3. The van der Waals surface area contributed by atoms with Gasteiger partial charge < -0.3 is 15.4 Å². The van der Waals surface area contributed by atoms with E-state index >= 15 is 0 Å². The Morgan fingerprint density at radius 2 is 1.85 bits per heavy atom. The van der Waals surface area contributed by atoms with Gasteiger partial charge in [-0.05, 0) is 30.2 Å². The minimum atomic E-state index is -0.610. The first-order valence-electron chi connectivity index (χ1n) is 7.93.